The predicted octanol–water partition coefficient (Wildman–Crippen LogP) is 3.88. The van der Waals surface area contributed by atoms with Crippen molar-refractivity contribution in [3.63, 3.8) is 0 Å². The smallest absolute Gasteiger partial charge is 0.254 e. The minimum Gasteiger partial charge on any atom is -0.497 e. The van der Waals surface area contributed by atoms with Crippen LogP contribution in [-0.4, -0.2) is 29.0 Å². The van der Waals surface area contributed by atoms with Gasteiger partial charge in [-0.15, -0.1) is 0 Å². The molecule has 0 spiro atoms. The van der Waals surface area contributed by atoms with Crippen LogP contribution in [0, 0.1) is 5.82 Å². The van der Waals surface area contributed by atoms with Crippen LogP contribution in [0.2, 0.25) is 0 Å². The molecule has 0 radical (unpaired) electrons. The van der Waals surface area contributed by atoms with E-state index in [1.807, 2.05) is 18.3 Å². The summed E-state index contributed by atoms with van der Waals surface area (Å²) in [5.74, 6) is 0.180. The number of aromatic nitrogens is 1. The molecule has 1 amide bonds. The van der Waals surface area contributed by atoms with Crippen molar-refractivity contribution in [2.24, 2.45) is 0 Å². The lowest BCUT2D eigenvalue weighted by molar-refractivity contribution is 0.0660. The van der Waals surface area contributed by atoms with E-state index < -0.39 is 6.04 Å². The summed E-state index contributed by atoms with van der Waals surface area (Å²) in [4.78, 5) is 15.0. The highest BCUT2D eigenvalue weighted by Crippen LogP contribution is 2.35. The van der Waals surface area contributed by atoms with Gasteiger partial charge < -0.3 is 14.2 Å². The lowest BCUT2D eigenvalue weighted by atomic mass is 9.98. The van der Waals surface area contributed by atoms with Gasteiger partial charge in [0.1, 0.15) is 17.6 Å². The number of fused-ring (bicyclic) bond motifs is 1. The SMILES string of the molecule is COc1cccc(C(=O)N2CCn3cccc3C2c2ccccc2F)c1. The van der Waals surface area contributed by atoms with Crippen LogP contribution in [0.15, 0.2) is 66.9 Å². The van der Waals surface area contributed by atoms with E-state index in [9.17, 15) is 9.18 Å². The van der Waals surface area contributed by atoms with Gasteiger partial charge in [0.2, 0.25) is 0 Å². The third-order valence-corrected chi connectivity index (χ3v) is 4.82. The van der Waals surface area contributed by atoms with Gasteiger partial charge in [0.15, 0.2) is 0 Å². The fraction of sp³-hybridized carbons (Fsp3) is 0.190. The number of nitrogens with zero attached hydrogens (tertiary/aromatic N) is 2. The second kappa shape index (κ2) is 6.67. The van der Waals surface area contributed by atoms with Crippen LogP contribution in [0.5, 0.6) is 5.75 Å². The molecule has 0 aliphatic carbocycles. The first kappa shape index (κ1) is 16.4. The highest BCUT2D eigenvalue weighted by molar-refractivity contribution is 5.95. The lowest BCUT2D eigenvalue weighted by Gasteiger charge is -2.37. The molecule has 1 aliphatic rings. The fourth-order valence-corrected chi connectivity index (χ4v) is 3.55. The van der Waals surface area contributed by atoms with Gasteiger partial charge in [-0.25, -0.2) is 4.39 Å². The van der Waals surface area contributed by atoms with Gasteiger partial charge in [-0.05, 0) is 36.4 Å². The van der Waals surface area contributed by atoms with Crippen LogP contribution < -0.4 is 4.74 Å². The number of rotatable bonds is 3. The van der Waals surface area contributed by atoms with E-state index in [0.717, 1.165) is 5.69 Å². The number of methoxy groups -OCH3 is 1. The van der Waals surface area contributed by atoms with Gasteiger partial charge in [0.25, 0.3) is 5.91 Å². The summed E-state index contributed by atoms with van der Waals surface area (Å²) in [7, 11) is 1.57. The molecule has 5 heteroatoms. The third kappa shape index (κ3) is 2.75. The number of halogens is 1. The highest BCUT2D eigenvalue weighted by Gasteiger charge is 2.34. The Balaban J connectivity index is 1.79. The van der Waals surface area contributed by atoms with Gasteiger partial charge in [-0.2, -0.15) is 0 Å². The normalized spacial score (nSPS) is 16.2. The van der Waals surface area contributed by atoms with E-state index in [0.29, 0.717) is 30.0 Å². The first-order chi connectivity index (χ1) is 12.7. The average molecular weight is 350 g/mol. The number of amides is 1. The Labute approximate surface area is 151 Å². The van der Waals surface area contributed by atoms with Crippen molar-refractivity contribution < 1.29 is 13.9 Å². The molecule has 2 aromatic carbocycles. The molecule has 0 fully saturated rings. The summed E-state index contributed by atoms with van der Waals surface area (Å²) >= 11 is 0. The van der Waals surface area contributed by atoms with E-state index in [-0.39, 0.29) is 11.7 Å². The molecule has 3 aromatic rings. The second-order valence-electron chi connectivity index (χ2n) is 6.28. The van der Waals surface area contributed by atoms with Gasteiger partial charge in [0, 0.05) is 36.1 Å². The molecule has 132 valence electrons. The minimum absolute atomic E-state index is 0.135. The maximum Gasteiger partial charge on any atom is 0.254 e. The molecule has 1 aliphatic heterocycles. The number of carbonyl (C=O) groups is 1. The van der Waals surface area contributed by atoms with Crippen molar-refractivity contribution >= 4 is 5.91 Å². The fourth-order valence-electron chi connectivity index (χ4n) is 3.55. The molecular formula is C21H19FN2O2. The largest absolute Gasteiger partial charge is 0.497 e. The predicted molar refractivity (Wildman–Crippen MR) is 96.7 cm³/mol. The summed E-state index contributed by atoms with van der Waals surface area (Å²) < 4.78 is 21.9. The van der Waals surface area contributed by atoms with Gasteiger partial charge in [0.05, 0.1) is 7.11 Å². The van der Waals surface area contributed by atoms with E-state index in [1.165, 1.54) is 6.07 Å². The second-order valence-corrected chi connectivity index (χ2v) is 6.28. The Kier molecular flexibility index (Phi) is 4.21. The summed E-state index contributed by atoms with van der Waals surface area (Å²) in [5, 5.41) is 0. The van der Waals surface area contributed by atoms with Gasteiger partial charge >= 0.3 is 0 Å². The van der Waals surface area contributed by atoms with Crippen molar-refractivity contribution in [2.45, 2.75) is 12.6 Å². The monoisotopic (exact) mass is 350 g/mol. The van der Waals surface area contributed by atoms with Crippen LogP contribution >= 0.6 is 0 Å². The minimum atomic E-state index is -0.460. The van der Waals surface area contributed by atoms with E-state index in [1.54, 1.807) is 54.5 Å². The zero-order chi connectivity index (χ0) is 18.1. The average Bonchev–Trinajstić information content (AvgIpc) is 3.16. The summed E-state index contributed by atoms with van der Waals surface area (Å²) in [6, 6.07) is 17.1. The van der Waals surface area contributed by atoms with Crippen molar-refractivity contribution in [1.29, 1.82) is 0 Å². The molecule has 0 bridgehead atoms. The first-order valence-corrected chi connectivity index (χ1v) is 8.53. The third-order valence-electron chi connectivity index (χ3n) is 4.82. The quantitative estimate of drug-likeness (QED) is 0.718. The van der Waals surface area contributed by atoms with Crippen molar-refractivity contribution in [3.8, 4) is 5.75 Å². The number of hydrogen-bond donors (Lipinski definition) is 0. The number of hydrogen-bond acceptors (Lipinski definition) is 2. The van der Waals surface area contributed by atoms with Gasteiger partial charge in [-0.3, -0.25) is 4.79 Å². The molecule has 0 N–H and O–H groups in total. The molecule has 4 rings (SSSR count). The van der Waals surface area contributed by atoms with Crippen LogP contribution in [0.4, 0.5) is 4.39 Å². The maximum absolute atomic E-state index is 14.6. The highest BCUT2D eigenvalue weighted by atomic mass is 19.1. The Bertz CT molecular complexity index is 950. The van der Waals surface area contributed by atoms with E-state index in [2.05, 4.69) is 4.57 Å². The molecule has 26 heavy (non-hydrogen) atoms. The Morgan fingerprint density at radius 3 is 2.73 bits per heavy atom. The molecule has 0 saturated heterocycles. The van der Waals surface area contributed by atoms with E-state index >= 15 is 0 Å². The molecule has 1 aromatic heterocycles. The first-order valence-electron chi connectivity index (χ1n) is 8.53. The van der Waals surface area contributed by atoms with Crippen molar-refractivity contribution in [1.82, 2.24) is 9.47 Å². The number of benzene rings is 2. The van der Waals surface area contributed by atoms with Crippen molar-refractivity contribution in [2.75, 3.05) is 13.7 Å². The number of ether oxygens (including phenoxy) is 1. The molecule has 1 unspecified atom stereocenters. The zero-order valence-corrected chi connectivity index (χ0v) is 14.4. The summed E-state index contributed by atoms with van der Waals surface area (Å²) in [5.41, 5.74) is 1.95. The van der Waals surface area contributed by atoms with Crippen LogP contribution in [0.3, 0.4) is 0 Å². The topological polar surface area (TPSA) is 34.5 Å². The van der Waals surface area contributed by atoms with Crippen LogP contribution in [0.25, 0.3) is 0 Å². The Morgan fingerprint density at radius 2 is 1.92 bits per heavy atom. The summed E-state index contributed by atoms with van der Waals surface area (Å²) in [6.45, 7) is 1.19. The Morgan fingerprint density at radius 1 is 1.08 bits per heavy atom. The maximum atomic E-state index is 14.6. The van der Waals surface area contributed by atoms with Crippen LogP contribution in [-0.2, 0) is 6.54 Å². The summed E-state index contributed by atoms with van der Waals surface area (Å²) in [6.07, 6.45) is 1.97. The number of carbonyl (C=O) groups excluding carboxylic acids is 1. The molecule has 2 heterocycles. The van der Waals surface area contributed by atoms with Crippen LogP contribution in [0.1, 0.15) is 27.7 Å². The lowest BCUT2D eigenvalue weighted by Crippen LogP contribution is -2.42. The molecular weight excluding hydrogens is 331 g/mol. The zero-order valence-electron chi connectivity index (χ0n) is 14.4. The van der Waals surface area contributed by atoms with Gasteiger partial charge in [-0.1, -0.05) is 24.3 Å². The molecule has 4 nitrogen and oxygen atoms in total. The van der Waals surface area contributed by atoms with Crippen molar-refractivity contribution in [3.05, 3.63) is 89.5 Å². The standard InChI is InChI=1S/C21H19FN2O2/c1-26-16-7-4-6-15(14-16)21(25)24-13-12-23-11-5-10-19(23)20(24)17-8-2-3-9-18(17)22/h2-11,14,20H,12-13H2,1H3. The van der Waals surface area contributed by atoms with E-state index in [4.69, 9.17) is 4.74 Å². The molecule has 0 saturated carbocycles. The molecule has 1 atom stereocenters. The Hall–Kier alpha value is -3.08.